The molecule has 0 radical (unpaired) electrons. The van der Waals surface area contributed by atoms with E-state index in [1.54, 1.807) is 18.3 Å². The zero-order valence-corrected chi connectivity index (χ0v) is 16.5. The largest absolute Gasteiger partial charge is 0.382 e. The van der Waals surface area contributed by atoms with Crippen molar-refractivity contribution in [2.75, 3.05) is 5.73 Å². The third kappa shape index (κ3) is 5.19. The number of anilines is 1. The smallest absolute Gasteiger partial charge is 0.271 e. The minimum Gasteiger partial charge on any atom is -0.382 e. The summed E-state index contributed by atoms with van der Waals surface area (Å²) in [6.07, 6.45) is 2.06. The number of nitrogen functional groups attached to an aromatic ring is 1. The molecule has 0 saturated carbocycles. The lowest BCUT2D eigenvalue weighted by molar-refractivity contribution is 0.0996. The molecule has 0 unspecified atom stereocenters. The number of carbonyl (C=O) groups excluding carboxylic acids is 1. The fraction of sp³-hybridized carbons (Fsp3) is 0.150. The van der Waals surface area contributed by atoms with Gasteiger partial charge in [-0.05, 0) is 34.9 Å². The van der Waals surface area contributed by atoms with Gasteiger partial charge in [-0.1, -0.05) is 47.5 Å². The van der Waals surface area contributed by atoms with Crippen LogP contribution < -0.4 is 16.8 Å². The number of hydrogen-bond donors (Lipinski definition) is 3. The first-order valence-corrected chi connectivity index (χ1v) is 9.31. The van der Waals surface area contributed by atoms with E-state index in [0.29, 0.717) is 35.2 Å². The molecular weight excluding hydrogens is 397 g/mol. The Kier molecular flexibility index (Phi) is 6.46. The van der Waals surface area contributed by atoms with Gasteiger partial charge in [0, 0.05) is 29.6 Å². The normalized spacial score (nSPS) is 10.8. The van der Waals surface area contributed by atoms with Crippen LogP contribution in [-0.4, -0.2) is 15.9 Å². The zero-order chi connectivity index (χ0) is 20.1. The highest BCUT2D eigenvalue weighted by Gasteiger charge is 2.11. The van der Waals surface area contributed by atoms with Gasteiger partial charge in [-0.15, -0.1) is 0 Å². The molecule has 3 aromatic rings. The van der Waals surface area contributed by atoms with Gasteiger partial charge in [-0.2, -0.15) is 0 Å². The fourth-order valence-corrected chi connectivity index (χ4v) is 3.16. The van der Waals surface area contributed by atoms with Gasteiger partial charge in [0.05, 0.1) is 11.9 Å². The van der Waals surface area contributed by atoms with Crippen LogP contribution in [-0.2, 0) is 19.5 Å². The molecule has 8 heteroatoms. The maximum Gasteiger partial charge on any atom is 0.271 e. The van der Waals surface area contributed by atoms with Crippen molar-refractivity contribution in [2.24, 2.45) is 5.73 Å². The summed E-state index contributed by atoms with van der Waals surface area (Å²) in [7, 11) is 0. The molecular formula is C20H19Cl2N5O. The standard InChI is InChI=1S/C20H19Cl2N5O/c21-15-4-5-17(22)14(8-15)10-25-9-13-3-1-2-12(6-13)7-16-11-26-19(23)18(27-16)20(24)28/h1-6,8,11,25H,7,9-10H2,(H2,23,26)(H2,24,28). The highest BCUT2D eigenvalue weighted by atomic mass is 35.5. The van der Waals surface area contributed by atoms with Crippen molar-refractivity contribution in [1.82, 2.24) is 15.3 Å². The van der Waals surface area contributed by atoms with Gasteiger partial charge in [0.1, 0.15) is 0 Å². The number of halogens is 2. The van der Waals surface area contributed by atoms with E-state index in [1.165, 1.54) is 0 Å². The Hall–Kier alpha value is -2.67. The number of amides is 1. The van der Waals surface area contributed by atoms with E-state index in [4.69, 9.17) is 34.7 Å². The molecule has 144 valence electrons. The van der Waals surface area contributed by atoms with Crippen molar-refractivity contribution in [3.05, 3.63) is 86.8 Å². The van der Waals surface area contributed by atoms with Gasteiger partial charge in [-0.25, -0.2) is 9.97 Å². The van der Waals surface area contributed by atoms with Crippen LogP contribution in [0.5, 0.6) is 0 Å². The number of benzene rings is 2. The minimum atomic E-state index is -0.690. The molecule has 0 saturated heterocycles. The van der Waals surface area contributed by atoms with E-state index < -0.39 is 5.91 Å². The number of hydrogen-bond acceptors (Lipinski definition) is 5. The maximum absolute atomic E-state index is 11.4. The van der Waals surface area contributed by atoms with Crippen LogP contribution in [0.3, 0.4) is 0 Å². The van der Waals surface area contributed by atoms with Crippen molar-refractivity contribution in [1.29, 1.82) is 0 Å². The van der Waals surface area contributed by atoms with Crippen LogP contribution >= 0.6 is 23.2 Å². The van der Waals surface area contributed by atoms with Gasteiger partial charge in [0.2, 0.25) is 0 Å². The molecule has 5 N–H and O–H groups in total. The third-order valence-corrected chi connectivity index (χ3v) is 4.72. The van der Waals surface area contributed by atoms with Gasteiger partial charge < -0.3 is 16.8 Å². The second-order valence-electron chi connectivity index (χ2n) is 6.30. The Morgan fingerprint density at radius 2 is 1.86 bits per heavy atom. The molecule has 0 aliphatic carbocycles. The van der Waals surface area contributed by atoms with Gasteiger partial charge in [-0.3, -0.25) is 4.79 Å². The van der Waals surface area contributed by atoms with Crippen LogP contribution in [0.2, 0.25) is 10.0 Å². The van der Waals surface area contributed by atoms with E-state index in [9.17, 15) is 4.79 Å². The highest BCUT2D eigenvalue weighted by molar-refractivity contribution is 6.33. The predicted octanol–water partition coefficient (Wildman–Crippen LogP) is 3.35. The molecule has 28 heavy (non-hydrogen) atoms. The quantitative estimate of drug-likeness (QED) is 0.548. The molecule has 1 heterocycles. The molecule has 1 amide bonds. The summed E-state index contributed by atoms with van der Waals surface area (Å²) in [4.78, 5) is 19.6. The summed E-state index contributed by atoms with van der Waals surface area (Å²) < 4.78 is 0. The minimum absolute atomic E-state index is 0.00581. The predicted molar refractivity (Wildman–Crippen MR) is 111 cm³/mol. The van der Waals surface area contributed by atoms with Crippen molar-refractivity contribution < 1.29 is 4.79 Å². The summed E-state index contributed by atoms with van der Waals surface area (Å²) in [5.74, 6) is -0.654. The van der Waals surface area contributed by atoms with E-state index >= 15 is 0 Å². The monoisotopic (exact) mass is 415 g/mol. The summed E-state index contributed by atoms with van der Waals surface area (Å²) in [6, 6.07) is 13.4. The summed E-state index contributed by atoms with van der Waals surface area (Å²) in [5.41, 5.74) is 14.6. The Bertz CT molecular complexity index is 1010. The SMILES string of the molecule is NC(=O)c1nc(Cc2cccc(CNCc3cc(Cl)ccc3Cl)c2)cnc1N. The molecule has 0 atom stereocenters. The molecule has 0 aliphatic rings. The Balaban J connectivity index is 1.65. The van der Waals surface area contributed by atoms with E-state index in [0.717, 1.165) is 16.7 Å². The van der Waals surface area contributed by atoms with Crippen molar-refractivity contribution >= 4 is 34.9 Å². The van der Waals surface area contributed by atoms with Crippen LogP contribution in [0.25, 0.3) is 0 Å². The first-order valence-electron chi connectivity index (χ1n) is 8.56. The van der Waals surface area contributed by atoms with Crippen LogP contribution in [0, 0.1) is 0 Å². The van der Waals surface area contributed by atoms with E-state index in [-0.39, 0.29) is 11.5 Å². The van der Waals surface area contributed by atoms with Crippen molar-refractivity contribution in [2.45, 2.75) is 19.5 Å². The molecule has 6 nitrogen and oxygen atoms in total. The third-order valence-electron chi connectivity index (χ3n) is 4.11. The van der Waals surface area contributed by atoms with Crippen molar-refractivity contribution in [3.8, 4) is 0 Å². The second kappa shape index (κ2) is 9.01. The lowest BCUT2D eigenvalue weighted by atomic mass is 10.1. The number of aromatic nitrogens is 2. The Morgan fingerprint density at radius 1 is 1.07 bits per heavy atom. The average Bonchev–Trinajstić information content (AvgIpc) is 2.66. The summed E-state index contributed by atoms with van der Waals surface area (Å²) in [6.45, 7) is 1.27. The van der Waals surface area contributed by atoms with E-state index in [1.807, 2.05) is 24.3 Å². The maximum atomic E-state index is 11.4. The lowest BCUT2D eigenvalue weighted by Gasteiger charge is -2.09. The molecule has 1 aromatic heterocycles. The van der Waals surface area contributed by atoms with Crippen molar-refractivity contribution in [3.63, 3.8) is 0 Å². The fourth-order valence-electron chi connectivity index (χ4n) is 2.78. The number of nitrogens with one attached hydrogen (secondary N) is 1. The zero-order valence-electron chi connectivity index (χ0n) is 15.0. The van der Waals surface area contributed by atoms with Crippen LogP contribution in [0.4, 0.5) is 5.82 Å². The Morgan fingerprint density at radius 3 is 2.64 bits per heavy atom. The first-order chi connectivity index (χ1) is 13.4. The first kappa shape index (κ1) is 20.1. The van der Waals surface area contributed by atoms with Crippen LogP contribution in [0.1, 0.15) is 32.9 Å². The van der Waals surface area contributed by atoms with Crippen LogP contribution in [0.15, 0.2) is 48.7 Å². The Labute approximate surface area is 172 Å². The molecule has 0 aliphatic heterocycles. The second-order valence-corrected chi connectivity index (χ2v) is 7.14. The molecule has 2 aromatic carbocycles. The molecule has 0 fully saturated rings. The number of rotatable bonds is 7. The van der Waals surface area contributed by atoms with E-state index in [2.05, 4.69) is 21.4 Å². The molecule has 0 spiro atoms. The molecule has 0 bridgehead atoms. The molecule has 3 rings (SSSR count). The number of primary amides is 1. The summed E-state index contributed by atoms with van der Waals surface area (Å²) >= 11 is 12.2. The highest BCUT2D eigenvalue weighted by Crippen LogP contribution is 2.20. The number of carbonyl (C=O) groups is 1. The lowest BCUT2D eigenvalue weighted by Crippen LogP contribution is -2.17. The van der Waals surface area contributed by atoms with Gasteiger partial charge >= 0.3 is 0 Å². The van der Waals surface area contributed by atoms with Gasteiger partial charge in [0.25, 0.3) is 5.91 Å². The van der Waals surface area contributed by atoms with Gasteiger partial charge in [0.15, 0.2) is 11.5 Å². The topological polar surface area (TPSA) is 107 Å². The average molecular weight is 416 g/mol. The number of nitrogens with zero attached hydrogens (tertiary/aromatic N) is 2. The number of nitrogens with two attached hydrogens (primary N) is 2. The summed E-state index contributed by atoms with van der Waals surface area (Å²) in [5, 5.41) is 4.69.